The maximum atomic E-state index is 11.7. The number of carbonyl (C=O) groups excluding carboxylic acids is 1. The van der Waals surface area contributed by atoms with E-state index in [2.05, 4.69) is 29.0 Å². The summed E-state index contributed by atoms with van der Waals surface area (Å²) in [6, 6.07) is 0. The Bertz CT molecular complexity index is 288. The molecule has 0 unspecified atom stereocenters. The average Bonchev–Trinajstić information content (AvgIpc) is 2.28. The van der Waals surface area contributed by atoms with Crippen LogP contribution in [0.2, 0.25) is 0 Å². The monoisotopic (exact) mass is 272 g/mol. The topological polar surface area (TPSA) is 61.6 Å². The highest BCUT2D eigenvalue weighted by atomic mass is 32.1. The van der Waals surface area contributed by atoms with Crippen molar-refractivity contribution in [2.75, 3.05) is 45.8 Å². The number of piperazine rings is 1. The SMILES string of the molecule is CC(C)CNC(=O)CN1CCN(CC(N)=S)CC1. The van der Waals surface area contributed by atoms with Gasteiger partial charge >= 0.3 is 0 Å². The lowest BCUT2D eigenvalue weighted by molar-refractivity contribution is -0.122. The number of amides is 1. The molecule has 0 saturated carbocycles. The van der Waals surface area contributed by atoms with E-state index < -0.39 is 0 Å². The molecule has 0 aromatic heterocycles. The molecule has 1 aliphatic heterocycles. The molecule has 1 fully saturated rings. The van der Waals surface area contributed by atoms with Crippen molar-refractivity contribution in [2.45, 2.75) is 13.8 Å². The van der Waals surface area contributed by atoms with Crippen LogP contribution in [0.3, 0.4) is 0 Å². The molecule has 0 radical (unpaired) electrons. The summed E-state index contributed by atoms with van der Waals surface area (Å²) in [6.45, 7) is 9.76. The van der Waals surface area contributed by atoms with Crippen molar-refractivity contribution in [1.82, 2.24) is 15.1 Å². The van der Waals surface area contributed by atoms with E-state index in [0.29, 0.717) is 24.0 Å². The highest BCUT2D eigenvalue weighted by Gasteiger charge is 2.18. The van der Waals surface area contributed by atoms with Gasteiger partial charge in [0.2, 0.25) is 5.91 Å². The van der Waals surface area contributed by atoms with Gasteiger partial charge in [0, 0.05) is 39.3 Å². The van der Waals surface area contributed by atoms with E-state index in [-0.39, 0.29) is 5.91 Å². The van der Waals surface area contributed by atoms with Crippen LogP contribution in [0.4, 0.5) is 0 Å². The van der Waals surface area contributed by atoms with E-state index in [0.717, 1.165) is 32.7 Å². The number of nitrogens with two attached hydrogens (primary N) is 1. The summed E-state index contributed by atoms with van der Waals surface area (Å²) in [5.41, 5.74) is 5.52. The fourth-order valence-electron chi connectivity index (χ4n) is 1.90. The number of hydrogen-bond acceptors (Lipinski definition) is 4. The normalized spacial score (nSPS) is 17.9. The Morgan fingerprint density at radius 2 is 1.72 bits per heavy atom. The first-order valence-electron chi connectivity index (χ1n) is 6.47. The summed E-state index contributed by atoms with van der Waals surface area (Å²) in [7, 11) is 0. The number of rotatable bonds is 6. The van der Waals surface area contributed by atoms with Gasteiger partial charge in [-0.25, -0.2) is 0 Å². The molecule has 1 heterocycles. The number of nitrogens with one attached hydrogen (secondary N) is 1. The second-order valence-electron chi connectivity index (χ2n) is 5.22. The van der Waals surface area contributed by atoms with Crippen LogP contribution in [-0.4, -0.2) is 66.5 Å². The van der Waals surface area contributed by atoms with Gasteiger partial charge in [-0.2, -0.15) is 0 Å². The summed E-state index contributed by atoms with van der Waals surface area (Å²) in [5, 5.41) is 2.94. The maximum absolute atomic E-state index is 11.7. The molecule has 1 rings (SSSR count). The van der Waals surface area contributed by atoms with Gasteiger partial charge in [-0.05, 0) is 5.92 Å². The molecule has 18 heavy (non-hydrogen) atoms. The summed E-state index contributed by atoms with van der Waals surface area (Å²) in [5.74, 6) is 0.614. The van der Waals surface area contributed by atoms with Gasteiger partial charge in [-0.1, -0.05) is 26.1 Å². The lowest BCUT2D eigenvalue weighted by Gasteiger charge is -2.33. The molecular formula is C12H24N4OS. The highest BCUT2D eigenvalue weighted by molar-refractivity contribution is 7.80. The molecule has 0 spiro atoms. The Labute approximate surface area is 115 Å². The maximum Gasteiger partial charge on any atom is 0.234 e. The molecule has 0 bridgehead atoms. The van der Waals surface area contributed by atoms with Crippen molar-refractivity contribution in [3.8, 4) is 0 Å². The van der Waals surface area contributed by atoms with Crippen molar-refractivity contribution in [3.63, 3.8) is 0 Å². The lowest BCUT2D eigenvalue weighted by atomic mass is 10.2. The van der Waals surface area contributed by atoms with Crippen LogP contribution in [0.1, 0.15) is 13.8 Å². The molecular weight excluding hydrogens is 248 g/mol. The largest absolute Gasteiger partial charge is 0.392 e. The molecule has 1 amide bonds. The fraction of sp³-hybridized carbons (Fsp3) is 0.833. The van der Waals surface area contributed by atoms with Gasteiger partial charge in [0.25, 0.3) is 0 Å². The third kappa shape index (κ3) is 6.28. The van der Waals surface area contributed by atoms with E-state index in [1.807, 2.05) is 0 Å². The van der Waals surface area contributed by atoms with E-state index in [4.69, 9.17) is 18.0 Å². The average molecular weight is 272 g/mol. The third-order valence-corrected chi connectivity index (χ3v) is 3.05. The first kappa shape index (κ1) is 15.3. The molecule has 6 heteroatoms. The number of carbonyl (C=O) groups is 1. The Balaban J connectivity index is 2.18. The van der Waals surface area contributed by atoms with Crippen LogP contribution in [0.15, 0.2) is 0 Å². The molecule has 1 aliphatic rings. The Hall–Kier alpha value is -0.720. The molecule has 0 aliphatic carbocycles. The van der Waals surface area contributed by atoms with Gasteiger partial charge in [0.15, 0.2) is 0 Å². The van der Waals surface area contributed by atoms with Crippen molar-refractivity contribution >= 4 is 23.1 Å². The zero-order chi connectivity index (χ0) is 13.5. The first-order valence-corrected chi connectivity index (χ1v) is 6.88. The van der Waals surface area contributed by atoms with Gasteiger partial charge in [0.1, 0.15) is 0 Å². The minimum absolute atomic E-state index is 0.117. The van der Waals surface area contributed by atoms with Crippen molar-refractivity contribution < 1.29 is 4.79 Å². The predicted molar refractivity (Wildman–Crippen MR) is 77.5 cm³/mol. The predicted octanol–water partition coefficient (Wildman–Crippen LogP) is -0.338. The second-order valence-corrected chi connectivity index (χ2v) is 5.74. The van der Waals surface area contributed by atoms with E-state index in [9.17, 15) is 4.79 Å². The quantitative estimate of drug-likeness (QED) is 0.648. The molecule has 0 aromatic carbocycles. The first-order chi connectivity index (χ1) is 8.47. The molecule has 5 nitrogen and oxygen atoms in total. The van der Waals surface area contributed by atoms with E-state index >= 15 is 0 Å². The minimum Gasteiger partial charge on any atom is -0.392 e. The summed E-state index contributed by atoms with van der Waals surface area (Å²) < 4.78 is 0. The van der Waals surface area contributed by atoms with Gasteiger partial charge in [-0.3, -0.25) is 14.6 Å². The van der Waals surface area contributed by atoms with Crippen LogP contribution in [0, 0.1) is 5.92 Å². The zero-order valence-electron chi connectivity index (χ0n) is 11.3. The van der Waals surface area contributed by atoms with Gasteiger partial charge in [0.05, 0.1) is 11.5 Å². The second kappa shape index (κ2) is 7.66. The van der Waals surface area contributed by atoms with Crippen LogP contribution >= 0.6 is 12.2 Å². The molecule has 0 atom stereocenters. The Morgan fingerprint density at radius 1 is 1.22 bits per heavy atom. The van der Waals surface area contributed by atoms with Crippen molar-refractivity contribution in [3.05, 3.63) is 0 Å². The van der Waals surface area contributed by atoms with Crippen LogP contribution < -0.4 is 11.1 Å². The summed E-state index contributed by atoms with van der Waals surface area (Å²) in [6.07, 6.45) is 0. The van der Waals surface area contributed by atoms with Gasteiger partial charge < -0.3 is 11.1 Å². The third-order valence-electron chi connectivity index (χ3n) is 2.92. The number of hydrogen-bond donors (Lipinski definition) is 2. The molecule has 104 valence electrons. The minimum atomic E-state index is 0.117. The van der Waals surface area contributed by atoms with E-state index in [1.54, 1.807) is 0 Å². The fourth-order valence-corrected chi connectivity index (χ4v) is 2.09. The zero-order valence-corrected chi connectivity index (χ0v) is 12.1. The van der Waals surface area contributed by atoms with Crippen molar-refractivity contribution in [2.24, 2.45) is 11.7 Å². The Kier molecular flexibility index (Phi) is 6.52. The van der Waals surface area contributed by atoms with Crippen LogP contribution in [0.25, 0.3) is 0 Å². The summed E-state index contributed by atoms with van der Waals surface area (Å²) in [4.78, 5) is 16.6. The molecule has 0 aromatic rings. The standard InChI is InChI=1S/C12H24N4OS/c1-10(2)7-14-12(17)9-16-5-3-15(4-6-16)8-11(13)18/h10H,3-9H2,1-2H3,(H2,13,18)(H,14,17). The smallest absolute Gasteiger partial charge is 0.234 e. The van der Waals surface area contributed by atoms with Crippen molar-refractivity contribution in [1.29, 1.82) is 0 Å². The summed E-state index contributed by atoms with van der Waals surface area (Å²) >= 11 is 4.89. The van der Waals surface area contributed by atoms with Crippen LogP contribution in [-0.2, 0) is 4.79 Å². The van der Waals surface area contributed by atoms with E-state index in [1.165, 1.54) is 0 Å². The number of thiocarbonyl (C=S) groups is 1. The highest BCUT2D eigenvalue weighted by Crippen LogP contribution is 2.01. The lowest BCUT2D eigenvalue weighted by Crippen LogP contribution is -2.51. The van der Waals surface area contributed by atoms with Gasteiger partial charge in [-0.15, -0.1) is 0 Å². The Morgan fingerprint density at radius 3 is 2.17 bits per heavy atom. The van der Waals surface area contributed by atoms with Crippen LogP contribution in [0.5, 0.6) is 0 Å². The molecule has 3 N–H and O–H groups in total. The molecule has 1 saturated heterocycles. The number of nitrogens with zero attached hydrogens (tertiary/aromatic N) is 2.